The largest absolute Gasteiger partial charge is 0.293 e. The molecule has 7 heterocycles. The van der Waals surface area contributed by atoms with Crippen molar-refractivity contribution in [3.05, 3.63) is 193 Å². The molecule has 0 spiro atoms. The second kappa shape index (κ2) is 19.1. The lowest BCUT2D eigenvalue weighted by atomic mass is 9.89. The van der Waals surface area contributed by atoms with E-state index >= 15 is 0 Å². The molecule has 0 aliphatic carbocycles. The minimum atomic E-state index is 0.567. The monoisotopic (exact) mass is 996 g/mol. The van der Waals surface area contributed by atoms with Crippen molar-refractivity contribution >= 4 is 101 Å². The summed E-state index contributed by atoms with van der Waals surface area (Å²) in [4.78, 5) is 77.2. The van der Waals surface area contributed by atoms with E-state index in [1.807, 2.05) is 70.4 Å². The molecular weight excluding hydrogens is 949 g/mol. The fourth-order valence-electron chi connectivity index (χ4n) is 10.2. The molecule has 12 aromatic rings. The second-order valence-electron chi connectivity index (χ2n) is 18.3. The number of aromatic nitrogens is 14. The zero-order chi connectivity index (χ0) is 52.2. The summed E-state index contributed by atoms with van der Waals surface area (Å²) < 4.78 is 0. The van der Waals surface area contributed by atoms with Crippen molar-refractivity contribution in [3.63, 3.8) is 0 Å². The summed E-state index contributed by atoms with van der Waals surface area (Å²) in [6.45, 7) is 15.8. The lowest BCUT2D eigenvalue weighted by Crippen LogP contribution is -2.21. The topological polar surface area (TPSA) is 193 Å². The van der Waals surface area contributed by atoms with Crippen molar-refractivity contribution < 1.29 is 0 Å². The van der Waals surface area contributed by atoms with Crippen LogP contribution in [0.4, 0.5) is 69.2 Å². The summed E-state index contributed by atoms with van der Waals surface area (Å²) in [5.41, 5.74) is 9.80. The SMILES string of the molecule is Cc1ccccc1N(c1nccnc1C)c1cc(N(c2nccnc2C)c2nccnc2C)c2ccc3c(N(c4nccnc4C)c4nccnc4C)cc(N(c4nccnc4C)c4nccnc4C)c4ccc1c2c43. The maximum atomic E-state index is 5.08. The van der Waals surface area contributed by atoms with Gasteiger partial charge in [-0.25, -0.2) is 34.9 Å². The van der Waals surface area contributed by atoms with Crippen LogP contribution in [0, 0.1) is 55.4 Å². The van der Waals surface area contributed by atoms with Gasteiger partial charge in [0.05, 0.1) is 68.3 Å². The van der Waals surface area contributed by atoms with E-state index in [0.29, 0.717) is 74.9 Å². The maximum Gasteiger partial charge on any atom is 0.160 e. The zero-order valence-corrected chi connectivity index (χ0v) is 42.9. The van der Waals surface area contributed by atoms with Crippen LogP contribution in [-0.2, 0) is 0 Å². The summed E-state index contributed by atoms with van der Waals surface area (Å²) in [5, 5.41) is 5.36. The van der Waals surface area contributed by atoms with Crippen LogP contribution in [0.15, 0.2) is 147 Å². The van der Waals surface area contributed by atoms with Gasteiger partial charge in [-0.15, -0.1) is 0 Å². The quantitative estimate of drug-likeness (QED) is 0.105. The zero-order valence-electron chi connectivity index (χ0n) is 42.9. The molecule has 12 rings (SSSR count). The first kappa shape index (κ1) is 46.9. The minimum Gasteiger partial charge on any atom is -0.293 e. The van der Waals surface area contributed by atoms with Crippen LogP contribution in [-0.4, -0.2) is 69.8 Å². The average molecular weight is 997 g/mol. The van der Waals surface area contributed by atoms with Crippen molar-refractivity contribution in [1.29, 1.82) is 0 Å². The molecule has 0 bridgehead atoms. The molecule has 0 saturated heterocycles. The van der Waals surface area contributed by atoms with Gasteiger partial charge in [-0.3, -0.25) is 54.5 Å². The van der Waals surface area contributed by atoms with Gasteiger partial charge in [-0.1, -0.05) is 42.5 Å². The molecule has 0 saturated carbocycles. The first-order chi connectivity index (χ1) is 37.1. The minimum absolute atomic E-state index is 0.567. The van der Waals surface area contributed by atoms with Gasteiger partial charge in [-0.05, 0) is 79.2 Å². The highest BCUT2D eigenvalue weighted by Gasteiger charge is 2.33. The number of hydrogen-bond acceptors (Lipinski definition) is 18. The molecule has 0 N–H and O–H groups in total. The first-order valence-electron chi connectivity index (χ1n) is 24.6. The number of aryl methyl sites for hydroxylation is 8. The van der Waals surface area contributed by atoms with Gasteiger partial charge >= 0.3 is 0 Å². The van der Waals surface area contributed by atoms with Gasteiger partial charge in [0.15, 0.2) is 40.7 Å². The van der Waals surface area contributed by atoms with E-state index in [1.54, 1.807) is 86.8 Å². The summed E-state index contributed by atoms with van der Waals surface area (Å²) >= 11 is 0. The third-order valence-corrected chi connectivity index (χ3v) is 13.6. The molecule has 0 fully saturated rings. The van der Waals surface area contributed by atoms with E-state index in [-0.39, 0.29) is 0 Å². The van der Waals surface area contributed by atoms with Crippen molar-refractivity contribution in [2.75, 3.05) is 19.6 Å². The predicted octanol–water partition coefficient (Wildman–Crippen LogP) is 12.5. The molecule has 0 radical (unpaired) electrons. The second-order valence-corrected chi connectivity index (χ2v) is 18.3. The molecule has 7 aromatic heterocycles. The van der Waals surface area contributed by atoms with E-state index in [1.165, 1.54) is 0 Å². The van der Waals surface area contributed by atoms with Crippen LogP contribution in [0.1, 0.15) is 45.4 Å². The van der Waals surface area contributed by atoms with Gasteiger partial charge in [0.25, 0.3) is 0 Å². The summed E-state index contributed by atoms with van der Waals surface area (Å²) in [6.07, 6.45) is 23.8. The third kappa shape index (κ3) is 7.81. The molecule has 0 aliphatic rings. The number of para-hydroxylation sites is 1. The number of nitrogens with zero attached hydrogens (tertiary/aromatic N) is 18. The van der Waals surface area contributed by atoms with Crippen LogP contribution >= 0.6 is 0 Å². The molecule has 0 amide bonds. The molecule has 0 aliphatic heterocycles. The Morgan fingerprint density at radius 1 is 0.237 bits per heavy atom. The first-order valence-corrected chi connectivity index (χ1v) is 24.6. The van der Waals surface area contributed by atoms with E-state index < -0.39 is 0 Å². The average Bonchev–Trinajstić information content (AvgIpc) is 3.57. The Hall–Kier alpha value is -10.1. The Balaban J connectivity index is 1.33. The fourth-order valence-corrected chi connectivity index (χ4v) is 10.2. The smallest absolute Gasteiger partial charge is 0.160 e. The summed E-state index contributed by atoms with van der Waals surface area (Å²) in [5.74, 6) is 4.08. The number of anilines is 12. The van der Waals surface area contributed by atoms with Crippen molar-refractivity contribution in [2.24, 2.45) is 0 Å². The number of benzene rings is 5. The highest BCUT2D eigenvalue weighted by atomic mass is 15.3. The lowest BCUT2D eigenvalue weighted by molar-refractivity contribution is 1.01. The molecule has 0 atom stereocenters. The highest BCUT2D eigenvalue weighted by molar-refractivity contribution is 6.33. The van der Waals surface area contributed by atoms with Gasteiger partial charge in [0.2, 0.25) is 0 Å². The van der Waals surface area contributed by atoms with E-state index in [2.05, 4.69) is 65.3 Å². The maximum absolute atomic E-state index is 5.08. The van der Waals surface area contributed by atoms with Gasteiger partial charge < -0.3 is 0 Å². The predicted molar refractivity (Wildman–Crippen MR) is 296 cm³/mol. The molecule has 76 heavy (non-hydrogen) atoms. The normalized spacial score (nSPS) is 11.4. The van der Waals surface area contributed by atoms with E-state index in [4.69, 9.17) is 69.8 Å². The Morgan fingerprint density at radius 3 is 0.711 bits per heavy atom. The molecular formula is C58H48N18. The van der Waals surface area contributed by atoms with Crippen LogP contribution in [0.2, 0.25) is 0 Å². The highest BCUT2D eigenvalue weighted by Crippen LogP contribution is 2.55. The molecule has 5 aromatic carbocycles. The fraction of sp³-hybridized carbons (Fsp3) is 0.138. The Morgan fingerprint density at radius 2 is 0.461 bits per heavy atom. The summed E-state index contributed by atoms with van der Waals surface area (Å²) in [7, 11) is 0. The van der Waals surface area contributed by atoms with Crippen LogP contribution in [0.3, 0.4) is 0 Å². The third-order valence-electron chi connectivity index (χ3n) is 13.6. The molecule has 0 unspecified atom stereocenters. The van der Waals surface area contributed by atoms with Crippen molar-refractivity contribution in [2.45, 2.75) is 55.4 Å². The molecule has 370 valence electrons. The Bertz CT molecular complexity index is 3480. The number of rotatable bonds is 12. The standard InChI is InChI=1S/C58H48N18/c1-33-11-9-10-12-45(33)73(52-34(2)59-17-24-66-52)46-31-47(74(53-35(3)60-18-25-67-53)54-36(4)61-19-26-68-54)42-15-16-44-49(76(57-39(7)64-22-29-71-57)58-40(8)65-23-30-72-58)32-48(43-14-13-41(46)50(42)51(43)44)75(55-37(5)62-20-27-69-55)56-38(6)63-21-28-70-56/h9-32H,1-8H3. The molecule has 18 nitrogen and oxygen atoms in total. The number of hydrogen-bond donors (Lipinski definition) is 0. The van der Waals surface area contributed by atoms with E-state index in [0.717, 1.165) is 72.0 Å². The van der Waals surface area contributed by atoms with Gasteiger partial charge in [0, 0.05) is 119 Å². The van der Waals surface area contributed by atoms with Gasteiger partial charge in [-0.2, -0.15) is 0 Å². The van der Waals surface area contributed by atoms with Crippen molar-refractivity contribution in [3.8, 4) is 0 Å². The van der Waals surface area contributed by atoms with Crippen LogP contribution in [0.25, 0.3) is 32.3 Å². The van der Waals surface area contributed by atoms with Gasteiger partial charge in [0.1, 0.15) is 0 Å². The van der Waals surface area contributed by atoms with Crippen LogP contribution < -0.4 is 19.6 Å². The Kier molecular flexibility index (Phi) is 11.8. The summed E-state index contributed by atoms with van der Waals surface area (Å²) in [6, 6.07) is 21.4. The lowest BCUT2D eigenvalue weighted by Gasteiger charge is -2.34. The van der Waals surface area contributed by atoms with Crippen LogP contribution in [0.5, 0.6) is 0 Å². The Labute approximate surface area is 437 Å². The molecule has 18 heteroatoms. The van der Waals surface area contributed by atoms with Crippen molar-refractivity contribution in [1.82, 2.24) is 69.8 Å². The van der Waals surface area contributed by atoms with E-state index in [9.17, 15) is 0 Å².